The fraction of sp³-hybridized carbons (Fsp3) is 0.500. The average Bonchev–Trinajstić information content (AvgIpc) is 2.77. The highest BCUT2D eigenvalue weighted by molar-refractivity contribution is 5.94. The van der Waals surface area contributed by atoms with E-state index in [9.17, 15) is 4.79 Å². The summed E-state index contributed by atoms with van der Waals surface area (Å²) >= 11 is 0. The SMILES string of the molecule is CNCC1CCCN1c1ccc(C(N)=O)c(C)c1. The average molecular weight is 247 g/mol. The fourth-order valence-corrected chi connectivity index (χ4v) is 2.73. The summed E-state index contributed by atoms with van der Waals surface area (Å²) in [6.45, 7) is 4.02. The number of carbonyl (C=O) groups excluding carboxylic acids is 1. The zero-order chi connectivity index (χ0) is 13.1. The Kier molecular flexibility index (Phi) is 3.87. The zero-order valence-electron chi connectivity index (χ0n) is 11.1. The molecule has 1 aromatic carbocycles. The summed E-state index contributed by atoms with van der Waals surface area (Å²) in [6.07, 6.45) is 2.44. The summed E-state index contributed by atoms with van der Waals surface area (Å²) in [7, 11) is 1.98. The van der Waals surface area contributed by atoms with E-state index in [0.717, 1.165) is 18.7 Å². The van der Waals surface area contributed by atoms with Crippen molar-refractivity contribution in [2.45, 2.75) is 25.8 Å². The van der Waals surface area contributed by atoms with Crippen molar-refractivity contribution in [3.8, 4) is 0 Å². The Morgan fingerprint density at radius 2 is 2.33 bits per heavy atom. The van der Waals surface area contributed by atoms with Crippen LogP contribution >= 0.6 is 0 Å². The number of nitrogens with zero attached hydrogens (tertiary/aromatic N) is 1. The van der Waals surface area contributed by atoms with E-state index >= 15 is 0 Å². The van der Waals surface area contributed by atoms with Crippen LogP contribution in [0.2, 0.25) is 0 Å². The Hall–Kier alpha value is -1.55. The van der Waals surface area contributed by atoms with Gasteiger partial charge in [-0.2, -0.15) is 0 Å². The summed E-state index contributed by atoms with van der Waals surface area (Å²) in [4.78, 5) is 13.6. The van der Waals surface area contributed by atoms with Crippen molar-refractivity contribution >= 4 is 11.6 Å². The summed E-state index contributed by atoms with van der Waals surface area (Å²) in [5.41, 5.74) is 8.09. The van der Waals surface area contributed by atoms with Crippen LogP contribution in [0.4, 0.5) is 5.69 Å². The second-order valence-electron chi connectivity index (χ2n) is 4.91. The molecule has 0 spiro atoms. The van der Waals surface area contributed by atoms with Crippen LogP contribution in [0.15, 0.2) is 18.2 Å². The Morgan fingerprint density at radius 1 is 1.56 bits per heavy atom. The van der Waals surface area contributed by atoms with Crippen LogP contribution in [0, 0.1) is 6.92 Å². The second-order valence-corrected chi connectivity index (χ2v) is 4.91. The molecule has 18 heavy (non-hydrogen) atoms. The monoisotopic (exact) mass is 247 g/mol. The molecule has 0 saturated carbocycles. The normalized spacial score (nSPS) is 19.2. The molecule has 1 fully saturated rings. The third-order valence-corrected chi connectivity index (χ3v) is 3.62. The molecule has 1 aliphatic rings. The molecule has 0 radical (unpaired) electrons. The van der Waals surface area contributed by atoms with E-state index in [0.29, 0.717) is 11.6 Å². The fourth-order valence-electron chi connectivity index (χ4n) is 2.73. The van der Waals surface area contributed by atoms with Crippen LogP contribution in [0.5, 0.6) is 0 Å². The summed E-state index contributed by atoms with van der Waals surface area (Å²) in [5.74, 6) is -0.354. The van der Waals surface area contributed by atoms with Crippen LogP contribution in [0.1, 0.15) is 28.8 Å². The quantitative estimate of drug-likeness (QED) is 0.842. The van der Waals surface area contributed by atoms with Crippen LogP contribution in [0.3, 0.4) is 0 Å². The number of rotatable bonds is 4. The van der Waals surface area contributed by atoms with E-state index in [1.807, 2.05) is 26.1 Å². The third kappa shape index (κ3) is 2.48. The number of carbonyl (C=O) groups is 1. The van der Waals surface area contributed by atoms with Crippen molar-refractivity contribution in [2.24, 2.45) is 5.73 Å². The number of anilines is 1. The molecule has 1 atom stereocenters. The lowest BCUT2D eigenvalue weighted by Gasteiger charge is -2.27. The van der Waals surface area contributed by atoms with Gasteiger partial charge >= 0.3 is 0 Å². The summed E-state index contributed by atoms with van der Waals surface area (Å²) in [6, 6.07) is 6.45. The molecule has 1 amide bonds. The molecular formula is C14H21N3O. The zero-order valence-corrected chi connectivity index (χ0v) is 11.1. The van der Waals surface area contributed by atoms with E-state index in [4.69, 9.17) is 5.73 Å². The van der Waals surface area contributed by atoms with Crippen LogP contribution in [-0.2, 0) is 0 Å². The van der Waals surface area contributed by atoms with E-state index in [2.05, 4.69) is 16.3 Å². The highest BCUT2D eigenvalue weighted by Crippen LogP contribution is 2.27. The van der Waals surface area contributed by atoms with Crippen LogP contribution in [-0.4, -0.2) is 32.1 Å². The maximum Gasteiger partial charge on any atom is 0.248 e. The predicted octanol–water partition coefficient (Wildman–Crippen LogP) is 1.28. The van der Waals surface area contributed by atoms with Gasteiger partial charge in [0.2, 0.25) is 5.91 Å². The van der Waals surface area contributed by atoms with Gasteiger partial charge in [-0.3, -0.25) is 4.79 Å². The molecular weight excluding hydrogens is 226 g/mol. The lowest BCUT2D eigenvalue weighted by atomic mass is 10.1. The van der Waals surface area contributed by atoms with Gasteiger partial charge in [-0.05, 0) is 50.6 Å². The number of benzene rings is 1. The Balaban J connectivity index is 2.23. The number of nitrogens with two attached hydrogens (primary N) is 1. The molecule has 1 aromatic rings. The van der Waals surface area contributed by atoms with Gasteiger partial charge in [0.05, 0.1) is 0 Å². The molecule has 2 rings (SSSR count). The molecule has 0 aromatic heterocycles. The van der Waals surface area contributed by atoms with Crippen molar-refractivity contribution in [3.05, 3.63) is 29.3 Å². The van der Waals surface area contributed by atoms with E-state index in [-0.39, 0.29) is 5.91 Å². The number of likely N-dealkylation sites (N-methyl/N-ethyl adjacent to an activating group) is 1. The third-order valence-electron chi connectivity index (χ3n) is 3.62. The topological polar surface area (TPSA) is 58.4 Å². The molecule has 98 valence electrons. The Morgan fingerprint density at radius 3 is 2.94 bits per heavy atom. The van der Waals surface area contributed by atoms with Gasteiger partial charge in [0, 0.05) is 30.4 Å². The smallest absolute Gasteiger partial charge is 0.248 e. The van der Waals surface area contributed by atoms with Gasteiger partial charge in [-0.1, -0.05) is 0 Å². The number of primary amides is 1. The highest BCUT2D eigenvalue weighted by atomic mass is 16.1. The number of amides is 1. The number of hydrogen-bond donors (Lipinski definition) is 2. The summed E-state index contributed by atoms with van der Waals surface area (Å²) < 4.78 is 0. The van der Waals surface area contributed by atoms with Crippen molar-refractivity contribution in [1.29, 1.82) is 0 Å². The first-order valence-electron chi connectivity index (χ1n) is 6.45. The van der Waals surface area contributed by atoms with Gasteiger partial charge in [0.25, 0.3) is 0 Å². The van der Waals surface area contributed by atoms with E-state index in [1.165, 1.54) is 18.5 Å². The number of nitrogens with one attached hydrogen (secondary N) is 1. The van der Waals surface area contributed by atoms with Gasteiger partial charge < -0.3 is 16.0 Å². The maximum atomic E-state index is 11.2. The van der Waals surface area contributed by atoms with Crippen molar-refractivity contribution in [1.82, 2.24) is 5.32 Å². The molecule has 0 bridgehead atoms. The largest absolute Gasteiger partial charge is 0.367 e. The predicted molar refractivity (Wildman–Crippen MR) is 74.0 cm³/mol. The van der Waals surface area contributed by atoms with Gasteiger partial charge in [-0.15, -0.1) is 0 Å². The Labute approximate surface area is 108 Å². The minimum Gasteiger partial charge on any atom is -0.367 e. The van der Waals surface area contributed by atoms with Crippen molar-refractivity contribution in [2.75, 3.05) is 25.0 Å². The summed E-state index contributed by atoms with van der Waals surface area (Å²) in [5, 5.41) is 3.24. The van der Waals surface area contributed by atoms with Gasteiger partial charge in [0.1, 0.15) is 0 Å². The molecule has 4 heteroatoms. The van der Waals surface area contributed by atoms with E-state index in [1.54, 1.807) is 0 Å². The lowest BCUT2D eigenvalue weighted by Crippen LogP contribution is -2.36. The first kappa shape index (κ1) is 12.9. The number of hydrogen-bond acceptors (Lipinski definition) is 3. The van der Waals surface area contributed by atoms with Crippen molar-refractivity contribution in [3.63, 3.8) is 0 Å². The maximum absolute atomic E-state index is 11.2. The second kappa shape index (κ2) is 5.40. The molecule has 1 aliphatic heterocycles. The molecule has 1 heterocycles. The van der Waals surface area contributed by atoms with Gasteiger partial charge in [0.15, 0.2) is 0 Å². The van der Waals surface area contributed by atoms with Crippen molar-refractivity contribution < 1.29 is 4.79 Å². The lowest BCUT2D eigenvalue weighted by molar-refractivity contribution is 0.1000. The minimum absolute atomic E-state index is 0.354. The first-order chi connectivity index (χ1) is 8.63. The van der Waals surface area contributed by atoms with E-state index < -0.39 is 0 Å². The number of aryl methyl sites for hydroxylation is 1. The molecule has 3 N–H and O–H groups in total. The molecule has 4 nitrogen and oxygen atoms in total. The molecule has 1 saturated heterocycles. The standard InChI is InChI=1S/C14H21N3O/c1-10-8-11(5-6-13(10)14(15)18)17-7-3-4-12(17)9-16-2/h5-6,8,12,16H,3-4,7,9H2,1-2H3,(H2,15,18). The van der Waals surface area contributed by atoms with Gasteiger partial charge in [-0.25, -0.2) is 0 Å². The first-order valence-corrected chi connectivity index (χ1v) is 6.45. The Bertz CT molecular complexity index is 445. The molecule has 1 unspecified atom stereocenters. The molecule has 0 aliphatic carbocycles. The highest BCUT2D eigenvalue weighted by Gasteiger charge is 2.24. The minimum atomic E-state index is -0.354. The van der Waals surface area contributed by atoms with Crippen LogP contribution in [0.25, 0.3) is 0 Å². The van der Waals surface area contributed by atoms with Crippen LogP contribution < -0.4 is 16.0 Å².